The van der Waals surface area contributed by atoms with Gasteiger partial charge in [-0.25, -0.2) is 0 Å². The Morgan fingerprint density at radius 3 is 0.946 bits per heavy atom. The van der Waals surface area contributed by atoms with E-state index in [9.17, 15) is 20.4 Å². The van der Waals surface area contributed by atoms with Gasteiger partial charge in [0.1, 0.15) is 23.0 Å². The number of rotatable bonds is 11. The summed E-state index contributed by atoms with van der Waals surface area (Å²) in [5.41, 5.74) is 9.31. The maximum Gasteiger partial charge on any atom is 0.232 e. The zero-order chi connectivity index (χ0) is 56.4. The molecule has 5 rings (SSSR count). The molecule has 4 aromatic carbocycles. The molecular weight excluding hydrogens is 917 g/mol. The van der Waals surface area contributed by atoms with Gasteiger partial charge in [0.05, 0.1) is 0 Å². The van der Waals surface area contributed by atoms with E-state index in [1.165, 1.54) is 0 Å². The van der Waals surface area contributed by atoms with Crippen molar-refractivity contribution in [3.63, 3.8) is 0 Å². The lowest BCUT2D eigenvalue weighted by Gasteiger charge is -2.31. The minimum atomic E-state index is -0.355. The summed E-state index contributed by atoms with van der Waals surface area (Å²) in [4.78, 5) is 17.8. The number of hydrogen-bond donors (Lipinski definition) is 6. The second-order valence-electron chi connectivity index (χ2n) is 29.4. The molecule has 0 aliphatic carbocycles. The molecule has 10 nitrogen and oxygen atoms in total. The number of nitrogens with one attached hydrogen (secondary N) is 2. The van der Waals surface area contributed by atoms with Crippen molar-refractivity contribution < 1.29 is 20.4 Å². The Bertz CT molecular complexity index is 2670. The van der Waals surface area contributed by atoms with E-state index < -0.39 is 0 Å². The first-order chi connectivity index (χ1) is 33.3. The van der Waals surface area contributed by atoms with Crippen LogP contribution in [-0.2, 0) is 69.5 Å². The highest BCUT2D eigenvalue weighted by Crippen LogP contribution is 2.45. The Morgan fingerprint density at radius 2 is 0.649 bits per heavy atom. The van der Waals surface area contributed by atoms with Gasteiger partial charge >= 0.3 is 0 Å². The van der Waals surface area contributed by atoms with Crippen molar-refractivity contribution in [3.05, 3.63) is 115 Å². The van der Waals surface area contributed by atoms with E-state index >= 15 is 0 Å². The van der Waals surface area contributed by atoms with Gasteiger partial charge in [-0.3, -0.25) is 0 Å². The first-order valence-corrected chi connectivity index (χ1v) is 26.8. The van der Waals surface area contributed by atoms with Crippen LogP contribution in [0.15, 0.2) is 42.5 Å². The highest BCUT2D eigenvalue weighted by atomic mass is 16.3. The van der Waals surface area contributed by atoms with Gasteiger partial charge in [-0.15, -0.1) is 0 Å². The predicted molar refractivity (Wildman–Crippen MR) is 311 cm³/mol. The van der Waals surface area contributed by atoms with Crippen molar-refractivity contribution in [3.8, 4) is 23.0 Å². The van der Waals surface area contributed by atoms with E-state index in [1.54, 1.807) is 0 Å². The molecule has 10 heteroatoms. The van der Waals surface area contributed by atoms with E-state index in [0.29, 0.717) is 67.0 Å². The van der Waals surface area contributed by atoms with Gasteiger partial charge < -0.3 is 36.0 Å². The van der Waals surface area contributed by atoms with E-state index in [-0.39, 0.29) is 43.3 Å². The predicted octanol–water partition coefficient (Wildman–Crippen LogP) is 15.8. The Balaban J connectivity index is 1.82. The second kappa shape index (κ2) is 20.2. The van der Waals surface area contributed by atoms with Crippen molar-refractivity contribution in [2.24, 2.45) is 0 Å². The molecule has 0 atom stereocenters. The Hall–Kier alpha value is -5.51. The lowest BCUT2D eigenvalue weighted by molar-refractivity contribution is 0.420. The van der Waals surface area contributed by atoms with Crippen LogP contribution in [0.4, 0.5) is 17.8 Å². The van der Waals surface area contributed by atoms with Crippen molar-refractivity contribution in [1.29, 1.82) is 0 Å². The molecule has 1 aromatic heterocycles. The number of aromatic hydroxyl groups is 4. The number of phenols is 4. The SMILES string of the molecule is Cc1c(CNc2nc(NCc3cc(C(C)(C)C)c(O)c(C(C)(C)C)c3)nc(N(Cc3cc(C(C)(C)C)c(O)c(C(C)(C)C)c3)Cc3cc(C(C)(C)C)c(O)c(C(C)(C)C)c3)n2)cc(C(C)(C)C)c(O)c1C(C)(C)C. The summed E-state index contributed by atoms with van der Waals surface area (Å²) in [6, 6.07) is 14.7. The lowest BCUT2D eigenvalue weighted by Crippen LogP contribution is -2.27. The second-order valence-corrected chi connectivity index (χ2v) is 29.4. The number of nitrogens with zero attached hydrogens (tertiary/aromatic N) is 4. The van der Waals surface area contributed by atoms with Crippen LogP contribution in [0.2, 0.25) is 0 Å². The minimum Gasteiger partial charge on any atom is -0.507 e. The molecule has 6 N–H and O–H groups in total. The van der Waals surface area contributed by atoms with Crippen molar-refractivity contribution in [1.82, 2.24) is 15.0 Å². The fourth-order valence-electron chi connectivity index (χ4n) is 9.95. The van der Waals surface area contributed by atoms with Crippen LogP contribution in [-0.4, -0.2) is 35.4 Å². The van der Waals surface area contributed by atoms with Crippen molar-refractivity contribution in [2.75, 3.05) is 15.5 Å². The summed E-state index contributed by atoms with van der Waals surface area (Å²) in [6.07, 6.45) is 0. The summed E-state index contributed by atoms with van der Waals surface area (Å²) >= 11 is 0. The Labute approximate surface area is 447 Å². The number of benzene rings is 4. The highest BCUT2D eigenvalue weighted by molar-refractivity contribution is 5.58. The van der Waals surface area contributed by atoms with Gasteiger partial charge in [0.25, 0.3) is 0 Å². The third-order valence-electron chi connectivity index (χ3n) is 14.1. The van der Waals surface area contributed by atoms with Crippen LogP contribution in [0, 0.1) is 6.92 Å². The van der Waals surface area contributed by atoms with Crippen molar-refractivity contribution >= 4 is 17.8 Å². The normalized spacial score (nSPS) is 13.4. The zero-order valence-corrected chi connectivity index (χ0v) is 50.4. The molecule has 0 radical (unpaired) electrons. The molecule has 0 bridgehead atoms. The van der Waals surface area contributed by atoms with Crippen LogP contribution >= 0.6 is 0 Å². The summed E-state index contributed by atoms with van der Waals surface area (Å²) < 4.78 is 0. The lowest BCUT2D eigenvalue weighted by atomic mass is 9.76. The van der Waals surface area contributed by atoms with Gasteiger partial charge in [0, 0.05) is 31.7 Å². The maximum atomic E-state index is 11.9. The maximum absolute atomic E-state index is 11.9. The largest absolute Gasteiger partial charge is 0.507 e. The summed E-state index contributed by atoms with van der Waals surface area (Å²) in [5, 5.41) is 54.4. The summed E-state index contributed by atoms with van der Waals surface area (Å²) in [5.74, 6) is 2.46. The summed E-state index contributed by atoms with van der Waals surface area (Å²) in [7, 11) is 0. The fraction of sp³-hybridized carbons (Fsp3) is 0.578. The molecule has 0 fully saturated rings. The number of anilines is 3. The third-order valence-corrected chi connectivity index (χ3v) is 14.1. The first-order valence-electron chi connectivity index (χ1n) is 26.8. The van der Waals surface area contributed by atoms with E-state index in [4.69, 9.17) is 15.0 Å². The molecule has 0 amide bonds. The first kappa shape index (κ1) is 59.4. The molecular formula is C64H96N6O4. The Kier molecular flexibility index (Phi) is 16.2. The molecule has 1 heterocycles. The molecule has 0 aliphatic heterocycles. The van der Waals surface area contributed by atoms with Gasteiger partial charge in [-0.05, 0) is 159 Å². The standard InChI is InChI=1S/C64H96N6O4/c1-37-41(32-48(63(20,21)22)53(74)49(37)64(23,24)25)34-66-55-67-54(65-33-38-26-42(57(2,3)4)50(71)43(27-38)58(5,6)7)68-56(69-55)70(35-39-28-44(59(8,9)10)51(72)45(29-39)60(11,12)13)36-40-30-46(61(14,15)16)52(73)47(31-40)62(17,18)19/h26-32,71-74H,33-36H2,1-25H3,(H2,65,66,67,68,69). The average molecular weight is 1010 g/mol. The minimum absolute atomic E-state index is 0.314. The van der Waals surface area contributed by atoms with Crippen LogP contribution in [0.5, 0.6) is 23.0 Å². The zero-order valence-electron chi connectivity index (χ0n) is 50.4. The molecule has 0 saturated heterocycles. The molecule has 0 saturated carbocycles. The number of aromatic nitrogens is 3. The van der Waals surface area contributed by atoms with Crippen LogP contribution in [0.1, 0.15) is 238 Å². The smallest absolute Gasteiger partial charge is 0.232 e. The van der Waals surface area contributed by atoms with E-state index in [2.05, 4.69) is 231 Å². The van der Waals surface area contributed by atoms with Gasteiger partial charge in [-0.2, -0.15) is 15.0 Å². The molecule has 5 aromatic rings. The van der Waals surface area contributed by atoms with Gasteiger partial charge in [0.2, 0.25) is 17.8 Å². The van der Waals surface area contributed by atoms with Gasteiger partial charge in [-0.1, -0.05) is 166 Å². The fourth-order valence-corrected chi connectivity index (χ4v) is 9.95. The topological polar surface area (TPSA) is 147 Å². The summed E-state index contributed by atoms with van der Waals surface area (Å²) in [6.45, 7) is 54.7. The van der Waals surface area contributed by atoms with Crippen molar-refractivity contribution in [2.45, 2.75) is 243 Å². The quantitative estimate of drug-likeness (QED) is 0.0756. The third kappa shape index (κ3) is 13.7. The molecule has 0 unspecified atom stereocenters. The monoisotopic (exact) mass is 1010 g/mol. The average Bonchev–Trinajstić information content (AvgIpc) is 3.20. The van der Waals surface area contributed by atoms with E-state index in [1.807, 2.05) is 0 Å². The van der Waals surface area contributed by atoms with Crippen LogP contribution in [0.25, 0.3) is 0 Å². The molecule has 0 spiro atoms. The molecule has 74 heavy (non-hydrogen) atoms. The van der Waals surface area contributed by atoms with Crippen LogP contribution < -0.4 is 15.5 Å². The van der Waals surface area contributed by atoms with E-state index in [0.717, 1.165) is 72.3 Å². The van der Waals surface area contributed by atoms with Crippen LogP contribution in [0.3, 0.4) is 0 Å². The Morgan fingerprint density at radius 1 is 0.365 bits per heavy atom. The highest BCUT2D eigenvalue weighted by Gasteiger charge is 2.33. The molecule has 406 valence electrons. The van der Waals surface area contributed by atoms with Gasteiger partial charge in [0.15, 0.2) is 0 Å². The molecule has 0 aliphatic rings. The number of hydrogen-bond acceptors (Lipinski definition) is 10. The number of phenolic OH excluding ortho intramolecular Hbond substituents is 4.